The third-order valence-corrected chi connectivity index (χ3v) is 4.69. The van der Waals surface area contributed by atoms with E-state index >= 15 is 0 Å². The molecule has 128 valence electrons. The lowest BCUT2D eigenvalue weighted by Gasteiger charge is -2.21. The molecule has 1 aliphatic heterocycles. The van der Waals surface area contributed by atoms with E-state index in [-0.39, 0.29) is 5.82 Å². The lowest BCUT2D eigenvalue weighted by molar-refractivity contribution is 0.0990. The monoisotopic (exact) mass is 393 g/mol. The second-order valence-corrected chi connectivity index (χ2v) is 6.75. The van der Waals surface area contributed by atoms with Crippen LogP contribution in [0.15, 0.2) is 21.2 Å². The zero-order valence-electron chi connectivity index (χ0n) is 13.7. The van der Waals surface area contributed by atoms with Gasteiger partial charge in [0.05, 0.1) is 6.54 Å². The number of furan rings is 1. The van der Waals surface area contributed by atoms with E-state index in [1.165, 1.54) is 0 Å². The summed E-state index contributed by atoms with van der Waals surface area (Å²) in [6.45, 7) is 6.20. The van der Waals surface area contributed by atoms with Crippen LogP contribution in [0.4, 0.5) is 5.82 Å². The molecule has 3 rings (SSSR count). The molecule has 3 N–H and O–H groups in total. The number of rotatable bonds is 5. The summed E-state index contributed by atoms with van der Waals surface area (Å²) < 4.78 is 6.23. The fourth-order valence-electron chi connectivity index (χ4n) is 2.84. The summed E-state index contributed by atoms with van der Waals surface area (Å²) in [4.78, 5) is 22.1. The van der Waals surface area contributed by atoms with Crippen molar-refractivity contribution in [1.29, 1.82) is 0 Å². The van der Waals surface area contributed by atoms with Crippen molar-refractivity contribution in [3.8, 4) is 0 Å². The summed E-state index contributed by atoms with van der Waals surface area (Å²) in [7, 11) is 0. The van der Waals surface area contributed by atoms with Crippen molar-refractivity contribution in [2.24, 2.45) is 5.73 Å². The van der Waals surface area contributed by atoms with Gasteiger partial charge in [0.25, 0.3) is 5.91 Å². The van der Waals surface area contributed by atoms with Gasteiger partial charge in [0.15, 0.2) is 4.67 Å². The van der Waals surface area contributed by atoms with Crippen molar-refractivity contribution >= 4 is 27.7 Å². The highest BCUT2D eigenvalue weighted by molar-refractivity contribution is 9.10. The maximum absolute atomic E-state index is 11.4. The number of primary amides is 1. The normalized spacial score (nSPS) is 17.5. The Hall–Kier alpha value is -1.93. The van der Waals surface area contributed by atoms with Crippen molar-refractivity contribution in [2.45, 2.75) is 32.9 Å². The molecule has 2 aromatic heterocycles. The molecule has 1 amide bonds. The first-order valence-corrected chi connectivity index (χ1v) is 8.61. The van der Waals surface area contributed by atoms with Gasteiger partial charge in [0.2, 0.25) is 5.82 Å². The molecule has 1 saturated heterocycles. The van der Waals surface area contributed by atoms with E-state index in [2.05, 4.69) is 36.1 Å². The summed E-state index contributed by atoms with van der Waals surface area (Å²) in [5, 5.41) is 3.49. The van der Waals surface area contributed by atoms with Gasteiger partial charge in [-0.05, 0) is 48.3 Å². The number of nitrogens with two attached hydrogens (primary N) is 1. The van der Waals surface area contributed by atoms with E-state index in [1.807, 2.05) is 26.0 Å². The van der Waals surface area contributed by atoms with Gasteiger partial charge in [-0.25, -0.2) is 9.97 Å². The number of carbonyl (C=O) groups excluding carboxylic acids is 1. The van der Waals surface area contributed by atoms with Crippen molar-refractivity contribution in [1.82, 2.24) is 15.3 Å². The highest BCUT2D eigenvalue weighted by Crippen LogP contribution is 2.24. The zero-order valence-corrected chi connectivity index (χ0v) is 15.3. The largest absolute Gasteiger partial charge is 0.453 e. The molecule has 0 spiro atoms. The number of carbonyl (C=O) groups is 1. The smallest absolute Gasteiger partial charge is 0.286 e. The van der Waals surface area contributed by atoms with Crippen LogP contribution in [0, 0.1) is 13.8 Å². The Morgan fingerprint density at radius 3 is 2.92 bits per heavy atom. The lowest BCUT2D eigenvalue weighted by Crippen LogP contribution is -2.33. The van der Waals surface area contributed by atoms with Crippen LogP contribution in [-0.4, -0.2) is 35.0 Å². The van der Waals surface area contributed by atoms with Gasteiger partial charge in [-0.15, -0.1) is 0 Å². The van der Waals surface area contributed by atoms with Crippen molar-refractivity contribution in [3.05, 3.63) is 39.6 Å². The maximum Gasteiger partial charge on any atom is 0.286 e. The average molecular weight is 394 g/mol. The van der Waals surface area contributed by atoms with Crippen molar-refractivity contribution in [2.75, 3.05) is 18.0 Å². The summed E-state index contributed by atoms with van der Waals surface area (Å²) in [5.41, 5.74) is 7.10. The molecule has 0 saturated carbocycles. The summed E-state index contributed by atoms with van der Waals surface area (Å²) >= 11 is 3.30. The number of amides is 1. The first kappa shape index (κ1) is 16.9. The summed E-state index contributed by atoms with van der Waals surface area (Å²) in [5.74, 6) is 1.16. The minimum absolute atomic E-state index is 0.0740. The Bertz CT molecular complexity index is 761. The minimum Gasteiger partial charge on any atom is -0.453 e. The topological polar surface area (TPSA) is 97.3 Å². The van der Waals surface area contributed by atoms with Gasteiger partial charge < -0.3 is 20.4 Å². The van der Waals surface area contributed by atoms with Crippen LogP contribution in [0.1, 0.15) is 34.1 Å². The SMILES string of the molecule is Cc1nc(C(N)=O)nc(N2CC[C@@H](NCc3ccc(Br)o3)C2)c1C. The van der Waals surface area contributed by atoms with E-state index in [0.29, 0.717) is 12.6 Å². The number of aromatic nitrogens is 2. The third kappa shape index (κ3) is 3.59. The highest BCUT2D eigenvalue weighted by atomic mass is 79.9. The van der Waals surface area contributed by atoms with Gasteiger partial charge >= 0.3 is 0 Å². The van der Waals surface area contributed by atoms with Crippen LogP contribution >= 0.6 is 15.9 Å². The molecule has 1 fully saturated rings. The molecule has 7 nitrogen and oxygen atoms in total. The molecule has 0 aliphatic carbocycles. The zero-order chi connectivity index (χ0) is 17.3. The van der Waals surface area contributed by atoms with Crippen molar-refractivity contribution in [3.63, 3.8) is 0 Å². The quantitative estimate of drug-likeness (QED) is 0.804. The van der Waals surface area contributed by atoms with Crippen LogP contribution in [-0.2, 0) is 6.54 Å². The number of nitrogens with one attached hydrogen (secondary N) is 1. The predicted molar refractivity (Wildman–Crippen MR) is 93.9 cm³/mol. The number of hydrogen-bond donors (Lipinski definition) is 2. The Kier molecular flexibility index (Phi) is 4.86. The standard InChI is InChI=1S/C16H20BrN5O2/c1-9-10(2)20-15(14(18)23)21-16(9)22-6-5-11(8-22)19-7-12-3-4-13(17)24-12/h3-4,11,19H,5-8H2,1-2H3,(H2,18,23)/t11-/m1/s1. The van der Waals surface area contributed by atoms with Gasteiger partial charge in [-0.2, -0.15) is 0 Å². The Balaban J connectivity index is 1.68. The summed E-state index contributed by atoms with van der Waals surface area (Å²) in [6.07, 6.45) is 0.996. The fourth-order valence-corrected chi connectivity index (χ4v) is 3.18. The van der Waals surface area contributed by atoms with Crippen LogP contribution < -0.4 is 16.0 Å². The van der Waals surface area contributed by atoms with E-state index in [4.69, 9.17) is 10.2 Å². The van der Waals surface area contributed by atoms with Gasteiger partial charge in [0, 0.05) is 30.4 Å². The van der Waals surface area contributed by atoms with Gasteiger partial charge in [0.1, 0.15) is 11.6 Å². The number of hydrogen-bond acceptors (Lipinski definition) is 6. The molecule has 1 aliphatic rings. The molecule has 0 aromatic carbocycles. The second-order valence-electron chi connectivity index (χ2n) is 5.96. The van der Waals surface area contributed by atoms with Crippen LogP contribution in [0.25, 0.3) is 0 Å². The fraction of sp³-hybridized carbons (Fsp3) is 0.438. The molecule has 1 atom stereocenters. The molecular weight excluding hydrogens is 374 g/mol. The number of aryl methyl sites for hydroxylation is 1. The predicted octanol–water partition coefficient (Wildman–Crippen LogP) is 1.92. The Labute approximate surface area is 148 Å². The second kappa shape index (κ2) is 6.90. The lowest BCUT2D eigenvalue weighted by atomic mass is 10.2. The summed E-state index contributed by atoms with van der Waals surface area (Å²) in [6, 6.07) is 4.16. The minimum atomic E-state index is -0.600. The number of nitrogens with zero attached hydrogens (tertiary/aromatic N) is 3. The van der Waals surface area contributed by atoms with E-state index in [1.54, 1.807) is 0 Å². The first-order chi connectivity index (χ1) is 11.4. The Morgan fingerprint density at radius 1 is 1.46 bits per heavy atom. The van der Waals surface area contributed by atoms with E-state index < -0.39 is 5.91 Å². The highest BCUT2D eigenvalue weighted by Gasteiger charge is 2.26. The molecule has 3 heterocycles. The van der Waals surface area contributed by atoms with Crippen LogP contribution in [0.2, 0.25) is 0 Å². The third-order valence-electron chi connectivity index (χ3n) is 4.27. The molecule has 2 aromatic rings. The van der Waals surface area contributed by atoms with Gasteiger partial charge in [-0.1, -0.05) is 0 Å². The molecule has 0 unspecified atom stereocenters. The van der Waals surface area contributed by atoms with Crippen LogP contribution in [0.3, 0.4) is 0 Å². The van der Waals surface area contributed by atoms with Crippen molar-refractivity contribution < 1.29 is 9.21 Å². The molecular formula is C16H20BrN5O2. The molecule has 8 heteroatoms. The average Bonchev–Trinajstić information content (AvgIpc) is 3.16. The maximum atomic E-state index is 11.4. The van der Waals surface area contributed by atoms with E-state index in [0.717, 1.165) is 47.0 Å². The Morgan fingerprint density at radius 2 is 2.25 bits per heavy atom. The van der Waals surface area contributed by atoms with E-state index in [9.17, 15) is 4.79 Å². The molecule has 0 radical (unpaired) electrons. The van der Waals surface area contributed by atoms with Gasteiger partial charge in [-0.3, -0.25) is 4.79 Å². The molecule has 24 heavy (non-hydrogen) atoms. The first-order valence-electron chi connectivity index (χ1n) is 7.81. The molecule has 0 bridgehead atoms. The number of anilines is 1. The van der Waals surface area contributed by atoms with Crippen LogP contribution in [0.5, 0.6) is 0 Å². The number of halogens is 1.